The van der Waals surface area contributed by atoms with Crippen LogP contribution in [0.4, 0.5) is 5.69 Å². The van der Waals surface area contributed by atoms with Crippen molar-refractivity contribution in [3.63, 3.8) is 0 Å². The zero-order valence-electron chi connectivity index (χ0n) is 8.17. The van der Waals surface area contributed by atoms with Gasteiger partial charge in [-0.3, -0.25) is 0 Å². The Balaban J connectivity index is 2.29. The Morgan fingerprint density at radius 1 is 1.38 bits per heavy atom. The van der Waals surface area contributed by atoms with Crippen molar-refractivity contribution in [1.29, 1.82) is 0 Å². The zero-order valence-corrected chi connectivity index (χ0v) is 8.17. The Labute approximate surface area is 79.4 Å². The van der Waals surface area contributed by atoms with Gasteiger partial charge in [-0.15, -0.1) is 0 Å². The van der Waals surface area contributed by atoms with E-state index in [2.05, 4.69) is 41.8 Å². The van der Waals surface area contributed by atoms with E-state index >= 15 is 0 Å². The first-order chi connectivity index (χ1) is 6.33. The van der Waals surface area contributed by atoms with Gasteiger partial charge in [-0.25, -0.2) is 0 Å². The van der Waals surface area contributed by atoms with Crippen LogP contribution >= 0.6 is 0 Å². The van der Waals surface area contributed by atoms with Crippen molar-refractivity contribution < 1.29 is 0 Å². The van der Waals surface area contributed by atoms with Crippen molar-refractivity contribution in [1.82, 2.24) is 5.32 Å². The summed E-state index contributed by atoms with van der Waals surface area (Å²) in [6.45, 7) is 3.28. The van der Waals surface area contributed by atoms with Gasteiger partial charge in [-0.2, -0.15) is 0 Å². The second-order valence-electron chi connectivity index (χ2n) is 3.68. The zero-order chi connectivity index (χ0) is 9.26. The third kappa shape index (κ3) is 1.42. The molecule has 1 heterocycles. The minimum atomic E-state index is 0.546. The molecule has 0 radical (unpaired) electrons. The molecule has 1 aromatic rings. The van der Waals surface area contributed by atoms with Gasteiger partial charge in [0.15, 0.2) is 0 Å². The van der Waals surface area contributed by atoms with E-state index in [1.165, 1.54) is 11.3 Å². The Kier molecular flexibility index (Phi) is 2.23. The van der Waals surface area contributed by atoms with Gasteiger partial charge in [0.25, 0.3) is 0 Å². The molecule has 0 amide bonds. The highest BCUT2D eigenvalue weighted by atomic mass is 15.0. The van der Waals surface area contributed by atoms with Crippen LogP contribution in [0.15, 0.2) is 24.3 Å². The first kappa shape index (κ1) is 8.57. The fourth-order valence-electron chi connectivity index (χ4n) is 2.07. The molecule has 0 fully saturated rings. The maximum Gasteiger partial charge on any atom is 0.0379 e. The van der Waals surface area contributed by atoms with Gasteiger partial charge >= 0.3 is 0 Å². The SMILES string of the molecule is CNCC1c2ccccc2NC1C. The third-order valence-electron chi connectivity index (χ3n) is 2.77. The number of fused-ring (bicyclic) bond motifs is 1. The van der Waals surface area contributed by atoms with E-state index in [4.69, 9.17) is 0 Å². The smallest absolute Gasteiger partial charge is 0.0379 e. The molecule has 2 nitrogen and oxygen atoms in total. The Morgan fingerprint density at radius 2 is 2.15 bits per heavy atom. The Morgan fingerprint density at radius 3 is 2.92 bits per heavy atom. The number of nitrogens with one attached hydrogen (secondary N) is 2. The maximum absolute atomic E-state index is 3.49. The molecule has 2 atom stereocenters. The molecule has 0 saturated carbocycles. The van der Waals surface area contributed by atoms with Gasteiger partial charge in [0.05, 0.1) is 0 Å². The van der Waals surface area contributed by atoms with Gasteiger partial charge in [0, 0.05) is 24.2 Å². The van der Waals surface area contributed by atoms with Gasteiger partial charge in [-0.05, 0) is 25.6 Å². The van der Waals surface area contributed by atoms with E-state index in [9.17, 15) is 0 Å². The summed E-state index contributed by atoms with van der Waals surface area (Å²) in [7, 11) is 2.01. The molecule has 0 saturated heterocycles. The topological polar surface area (TPSA) is 24.1 Å². The molecular formula is C11H16N2. The van der Waals surface area contributed by atoms with Crippen molar-refractivity contribution >= 4 is 5.69 Å². The van der Waals surface area contributed by atoms with Gasteiger partial charge in [-0.1, -0.05) is 18.2 Å². The first-order valence-corrected chi connectivity index (χ1v) is 4.83. The Hall–Kier alpha value is -1.02. The molecule has 2 heteroatoms. The lowest BCUT2D eigenvalue weighted by atomic mass is 9.96. The lowest BCUT2D eigenvalue weighted by Gasteiger charge is -2.15. The number of benzene rings is 1. The average Bonchev–Trinajstić information content (AvgIpc) is 2.44. The molecule has 1 aliphatic rings. The lowest BCUT2D eigenvalue weighted by Crippen LogP contribution is -2.25. The number of anilines is 1. The predicted octanol–water partition coefficient (Wildman–Crippen LogP) is 1.80. The second kappa shape index (κ2) is 3.38. The van der Waals surface area contributed by atoms with E-state index in [1.54, 1.807) is 0 Å². The molecule has 1 aliphatic heterocycles. The summed E-state index contributed by atoms with van der Waals surface area (Å²) < 4.78 is 0. The predicted molar refractivity (Wildman–Crippen MR) is 56.2 cm³/mol. The summed E-state index contributed by atoms with van der Waals surface area (Å²) in [5, 5.41) is 6.73. The number of para-hydroxylation sites is 1. The average molecular weight is 176 g/mol. The summed E-state index contributed by atoms with van der Waals surface area (Å²) in [5.41, 5.74) is 2.75. The van der Waals surface area contributed by atoms with Crippen LogP contribution in [-0.4, -0.2) is 19.6 Å². The lowest BCUT2D eigenvalue weighted by molar-refractivity contribution is 0.590. The van der Waals surface area contributed by atoms with Crippen LogP contribution in [0, 0.1) is 0 Å². The molecule has 2 rings (SSSR count). The van der Waals surface area contributed by atoms with E-state index in [0.29, 0.717) is 12.0 Å². The van der Waals surface area contributed by atoms with Crippen molar-refractivity contribution in [3.05, 3.63) is 29.8 Å². The molecule has 70 valence electrons. The normalized spacial score (nSPS) is 25.4. The van der Waals surface area contributed by atoms with Crippen LogP contribution in [-0.2, 0) is 0 Å². The summed E-state index contributed by atoms with van der Waals surface area (Å²) >= 11 is 0. The van der Waals surface area contributed by atoms with Crippen LogP contribution in [0.25, 0.3) is 0 Å². The van der Waals surface area contributed by atoms with Crippen molar-refractivity contribution in [2.75, 3.05) is 18.9 Å². The van der Waals surface area contributed by atoms with Gasteiger partial charge < -0.3 is 10.6 Å². The van der Waals surface area contributed by atoms with Crippen molar-refractivity contribution in [2.45, 2.75) is 18.9 Å². The fourth-order valence-corrected chi connectivity index (χ4v) is 2.07. The van der Waals surface area contributed by atoms with Crippen LogP contribution in [0.3, 0.4) is 0 Å². The Bertz CT molecular complexity index is 296. The monoisotopic (exact) mass is 176 g/mol. The summed E-state index contributed by atoms with van der Waals surface area (Å²) in [6.07, 6.45) is 0. The summed E-state index contributed by atoms with van der Waals surface area (Å²) in [5.74, 6) is 0.612. The molecule has 0 spiro atoms. The van der Waals surface area contributed by atoms with Crippen LogP contribution in [0.1, 0.15) is 18.4 Å². The summed E-state index contributed by atoms with van der Waals surface area (Å²) in [6, 6.07) is 9.11. The second-order valence-corrected chi connectivity index (χ2v) is 3.68. The quantitative estimate of drug-likeness (QED) is 0.718. The number of hydrogen-bond donors (Lipinski definition) is 2. The molecule has 13 heavy (non-hydrogen) atoms. The van der Waals surface area contributed by atoms with E-state index < -0.39 is 0 Å². The molecule has 0 aliphatic carbocycles. The number of hydrogen-bond acceptors (Lipinski definition) is 2. The molecule has 0 aromatic heterocycles. The van der Waals surface area contributed by atoms with Gasteiger partial charge in [0.2, 0.25) is 0 Å². The highest BCUT2D eigenvalue weighted by Gasteiger charge is 2.27. The van der Waals surface area contributed by atoms with E-state index in [-0.39, 0.29) is 0 Å². The minimum absolute atomic E-state index is 0.546. The fraction of sp³-hybridized carbons (Fsp3) is 0.455. The molecule has 0 bridgehead atoms. The third-order valence-corrected chi connectivity index (χ3v) is 2.77. The largest absolute Gasteiger partial charge is 0.382 e. The van der Waals surface area contributed by atoms with Crippen molar-refractivity contribution in [3.8, 4) is 0 Å². The number of likely N-dealkylation sites (N-methyl/N-ethyl adjacent to an activating group) is 1. The van der Waals surface area contributed by atoms with E-state index in [0.717, 1.165) is 6.54 Å². The van der Waals surface area contributed by atoms with Gasteiger partial charge in [0.1, 0.15) is 0 Å². The maximum atomic E-state index is 3.49. The minimum Gasteiger partial charge on any atom is -0.382 e. The molecule has 2 N–H and O–H groups in total. The van der Waals surface area contributed by atoms with Crippen molar-refractivity contribution in [2.24, 2.45) is 0 Å². The molecule has 1 aromatic carbocycles. The standard InChI is InChI=1S/C11H16N2/c1-8-10(7-12-2)9-5-3-4-6-11(9)13-8/h3-6,8,10,12-13H,7H2,1-2H3. The van der Waals surface area contributed by atoms with Crippen LogP contribution in [0.2, 0.25) is 0 Å². The van der Waals surface area contributed by atoms with Crippen LogP contribution < -0.4 is 10.6 Å². The molecular weight excluding hydrogens is 160 g/mol. The van der Waals surface area contributed by atoms with Crippen LogP contribution in [0.5, 0.6) is 0 Å². The summed E-state index contributed by atoms with van der Waals surface area (Å²) in [4.78, 5) is 0. The van der Waals surface area contributed by atoms with E-state index in [1.807, 2.05) is 7.05 Å². The first-order valence-electron chi connectivity index (χ1n) is 4.83. The number of rotatable bonds is 2. The highest BCUT2D eigenvalue weighted by molar-refractivity contribution is 5.59. The highest BCUT2D eigenvalue weighted by Crippen LogP contribution is 2.34. The molecule has 2 unspecified atom stereocenters.